The molecule has 0 bridgehead atoms. The van der Waals surface area contributed by atoms with Crippen LogP contribution in [0.1, 0.15) is 20.3 Å². The zero-order valence-electron chi connectivity index (χ0n) is 8.84. The molecular formula is C8H16N2O4S. The summed E-state index contributed by atoms with van der Waals surface area (Å²) in [6, 6.07) is -0.457. The lowest BCUT2D eigenvalue weighted by Crippen LogP contribution is -2.47. The Morgan fingerprint density at radius 3 is 2.53 bits per heavy atom. The molecule has 1 saturated heterocycles. The van der Waals surface area contributed by atoms with E-state index < -0.39 is 22.0 Å². The van der Waals surface area contributed by atoms with E-state index in [1.54, 1.807) is 13.8 Å². The minimum atomic E-state index is -3.03. The van der Waals surface area contributed by atoms with E-state index in [0.29, 0.717) is 6.42 Å². The number of nitrogens with two attached hydrogens (primary N) is 1. The second kappa shape index (κ2) is 4.36. The Morgan fingerprint density at radius 2 is 2.13 bits per heavy atom. The summed E-state index contributed by atoms with van der Waals surface area (Å²) in [5.74, 6) is 5.50. The van der Waals surface area contributed by atoms with Gasteiger partial charge in [0.25, 0.3) is 0 Å². The molecule has 6 nitrogen and oxygen atoms in total. The Morgan fingerprint density at radius 1 is 1.53 bits per heavy atom. The van der Waals surface area contributed by atoms with Crippen LogP contribution in [0.2, 0.25) is 0 Å². The van der Waals surface area contributed by atoms with Crippen LogP contribution >= 0.6 is 0 Å². The van der Waals surface area contributed by atoms with Crippen molar-refractivity contribution in [3.8, 4) is 0 Å². The normalized spacial score (nSPS) is 24.1. The van der Waals surface area contributed by atoms with Crippen LogP contribution in [0.3, 0.4) is 0 Å². The first kappa shape index (κ1) is 12.3. The minimum absolute atomic E-state index is 0.0727. The lowest BCUT2D eigenvalue weighted by Gasteiger charge is -2.22. The predicted molar refractivity (Wildman–Crippen MR) is 54.7 cm³/mol. The van der Waals surface area contributed by atoms with Gasteiger partial charge in [-0.05, 0) is 20.3 Å². The van der Waals surface area contributed by atoms with Crippen molar-refractivity contribution in [2.24, 2.45) is 5.84 Å². The Hall–Kier alpha value is -0.820. The van der Waals surface area contributed by atoms with Crippen LogP contribution in [0.5, 0.6) is 0 Å². The molecule has 1 heterocycles. The predicted octanol–water partition coefficient (Wildman–Crippen LogP) is -0.106. The molecule has 0 spiro atoms. The Kier molecular flexibility index (Phi) is 3.56. The van der Waals surface area contributed by atoms with Gasteiger partial charge in [-0.3, -0.25) is 0 Å². The van der Waals surface area contributed by atoms with E-state index >= 15 is 0 Å². The molecule has 1 amide bonds. The van der Waals surface area contributed by atoms with Gasteiger partial charge < -0.3 is 4.74 Å². The highest BCUT2D eigenvalue weighted by molar-refractivity contribution is 7.91. The number of carbonyl (C=O) groups is 1. The van der Waals surface area contributed by atoms with Crippen LogP contribution in [0.15, 0.2) is 0 Å². The molecular weight excluding hydrogens is 220 g/mol. The second-order valence-corrected chi connectivity index (χ2v) is 6.13. The minimum Gasteiger partial charge on any atom is -0.446 e. The van der Waals surface area contributed by atoms with Crippen LogP contribution in [0, 0.1) is 0 Å². The summed E-state index contributed by atoms with van der Waals surface area (Å²) >= 11 is 0. The maximum absolute atomic E-state index is 11.3. The molecule has 0 radical (unpaired) electrons. The number of ether oxygens (including phenoxy) is 1. The Balaban J connectivity index is 2.55. The highest BCUT2D eigenvalue weighted by atomic mass is 32.2. The maximum atomic E-state index is 11.3. The fourth-order valence-corrected chi connectivity index (χ4v) is 3.12. The molecule has 0 aromatic carbocycles. The van der Waals surface area contributed by atoms with Gasteiger partial charge in [0, 0.05) is 0 Å². The second-order valence-electron chi connectivity index (χ2n) is 3.90. The van der Waals surface area contributed by atoms with Gasteiger partial charge in [0.1, 0.15) is 0 Å². The van der Waals surface area contributed by atoms with Crippen LogP contribution < -0.4 is 5.84 Å². The van der Waals surface area contributed by atoms with Crippen molar-refractivity contribution in [1.29, 1.82) is 0 Å². The fourth-order valence-electron chi connectivity index (χ4n) is 1.41. The van der Waals surface area contributed by atoms with Gasteiger partial charge in [-0.1, -0.05) is 0 Å². The van der Waals surface area contributed by atoms with E-state index in [9.17, 15) is 13.2 Å². The van der Waals surface area contributed by atoms with Gasteiger partial charge in [0.05, 0.1) is 23.7 Å². The number of nitrogens with zero attached hydrogens (tertiary/aromatic N) is 1. The van der Waals surface area contributed by atoms with Gasteiger partial charge in [-0.15, -0.1) is 0 Å². The number of rotatable bonds is 2. The van der Waals surface area contributed by atoms with Crippen LogP contribution in [-0.4, -0.2) is 43.2 Å². The van der Waals surface area contributed by atoms with Gasteiger partial charge in [-0.25, -0.2) is 24.1 Å². The first-order chi connectivity index (χ1) is 6.82. The quantitative estimate of drug-likeness (QED) is 0.410. The SMILES string of the molecule is CC(C)OC(=O)N(N)C1CCS(=O)(=O)C1. The Labute approximate surface area is 89.3 Å². The van der Waals surface area contributed by atoms with Crippen molar-refractivity contribution < 1.29 is 17.9 Å². The van der Waals surface area contributed by atoms with Crippen LogP contribution in [0.25, 0.3) is 0 Å². The average Bonchev–Trinajstić information content (AvgIpc) is 2.43. The van der Waals surface area contributed by atoms with E-state index in [1.165, 1.54) is 0 Å². The molecule has 15 heavy (non-hydrogen) atoms. The van der Waals surface area contributed by atoms with E-state index in [4.69, 9.17) is 10.6 Å². The van der Waals surface area contributed by atoms with Crippen molar-refractivity contribution in [2.75, 3.05) is 11.5 Å². The zero-order chi connectivity index (χ0) is 11.6. The molecule has 1 rings (SSSR count). The summed E-state index contributed by atoms with van der Waals surface area (Å²) in [7, 11) is -3.03. The summed E-state index contributed by atoms with van der Waals surface area (Å²) in [4.78, 5) is 11.3. The van der Waals surface area contributed by atoms with E-state index in [1.807, 2.05) is 0 Å². The lowest BCUT2D eigenvalue weighted by atomic mass is 10.2. The lowest BCUT2D eigenvalue weighted by molar-refractivity contribution is 0.0663. The topological polar surface area (TPSA) is 89.7 Å². The van der Waals surface area contributed by atoms with E-state index in [-0.39, 0.29) is 17.6 Å². The smallest absolute Gasteiger partial charge is 0.424 e. The number of hydrogen-bond donors (Lipinski definition) is 1. The first-order valence-electron chi connectivity index (χ1n) is 4.77. The summed E-state index contributed by atoms with van der Waals surface area (Å²) in [5, 5.41) is 0.880. The van der Waals surface area contributed by atoms with Crippen molar-refractivity contribution in [3.63, 3.8) is 0 Å². The monoisotopic (exact) mass is 236 g/mol. The highest BCUT2D eigenvalue weighted by Gasteiger charge is 2.34. The fraction of sp³-hybridized carbons (Fsp3) is 0.875. The van der Waals surface area contributed by atoms with Crippen molar-refractivity contribution in [2.45, 2.75) is 32.4 Å². The number of amides is 1. The molecule has 7 heteroatoms. The average molecular weight is 236 g/mol. The highest BCUT2D eigenvalue weighted by Crippen LogP contribution is 2.16. The number of carbonyl (C=O) groups excluding carboxylic acids is 1. The number of hydrazine groups is 1. The molecule has 0 aliphatic carbocycles. The summed E-state index contributed by atoms with van der Waals surface area (Å²) in [5.41, 5.74) is 0. The zero-order valence-corrected chi connectivity index (χ0v) is 9.66. The van der Waals surface area contributed by atoms with Gasteiger partial charge >= 0.3 is 6.09 Å². The van der Waals surface area contributed by atoms with Gasteiger partial charge in [0.2, 0.25) is 0 Å². The molecule has 1 unspecified atom stereocenters. The number of hydrogen-bond acceptors (Lipinski definition) is 5. The Bertz CT molecular complexity index is 339. The molecule has 1 aliphatic heterocycles. The summed E-state index contributed by atoms with van der Waals surface area (Å²) < 4.78 is 27.2. The molecule has 2 N–H and O–H groups in total. The van der Waals surface area contributed by atoms with Gasteiger partial charge in [-0.2, -0.15) is 0 Å². The molecule has 88 valence electrons. The van der Waals surface area contributed by atoms with Crippen molar-refractivity contribution in [1.82, 2.24) is 5.01 Å². The molecule has 0 aromatic rings. The van der Waals surface area contributed by atoms with Crippen LogP contribution in [0.4, 0.5) is 4.79 Å². The van der Waals surface area contributed by atoms with Crippen molar-refractivity contribution >= 4 is 15.9 Å². The van der Waals surface area contributed by atoms with E-state index in [2.05, 4.69) is 0 Å². The third-order valence-electron chi connectivity index (χ3n) is 2.15. The molecule has 0 aromatic heterocycles. The molecule has 1 aliphatic rings. The maximum Gasteiger partial charge on any atom is 0.424 e. The third kappa shape index (κ3) is 3.35. The van der Waals surface area contributed by atoms with E-state index in [0.717, 1.165) is 5.01 Å². The molecule has 1 fully saturated rings. The molecule has 0 saturated carbocycles. The largest absolute Gasteiger partial charge is 0.446 e. The molecule has 1 atom stereocenters. The third-order valence-corrected chi connectivity index (χ3v) is 3.90. The number of sulfone groups is 1. The summed E-state index contributed by atoms with van der Waals surface area (Å²) in [6.45, 7) is 3.41. The van der Waals surface area contributed by atoms with Crippen molar-refractivity contribution in [3.05, 3.63) is 0 Å². The first-order valence-corrected chi connectivity index (χ1v) is 6.59. The summed E-state index contributed by atoms with van der Waals surface area (Å²) in [6.07, 6.45) is -0.555. The van der Waals surface area contributed by atoms with Crippen LogP contribution in [-0.2, 0) is 14.6 Å². The standard InChI is InChI=1S/C8H16N2O4S/c1-6(2)14-8(11)10(9)7-3-4-15(12,13)5-7/h6-7H,3-5,9H2,1-2H3. The van der Waals surface area contributed by atoms with Gasteiger partial charge in [0.15, 0.2) is 9.84 Å².